The van der Waals surface area contributed by atoms with Crippen LogP contribution in [0.3, 0.4) is 0 Å². The van der Waals surface area contributed by atoms with Crippen LogP contribution in [-0.4, -0.2) is 54.1 Å². The zero-order valence-corrected chi connectivity index (χ0v) is 20.6. The molecule has 1 aromatic rings. The van der Waals surface area contributed by atoms with Gasteiger partial charge in [0.2, 0.25) is 5.75 Å². The van der Waals surface area contributed by atoms with Gasteiger partial charge in [0.05, 0.1) is 23.7 Å². The van der Waals surface area contributed by atoms with Crippen LogP contribution in [0.5, 0.6) is 11.5 Å². The lowest BCUT2D eigenvalue weighted by molar-refractivity contribution is -0.385. The van der Waals surface area contributed by atoms with Crippen LogP contribution in [0.4, 0.5) is 5.69 Å². The maximum atomic E-state index is 13.3. The molecule has 34 heavy (non-hydrogen) atoms. The molecule has 0 radical (unpaired) electrons. The normalized spacial score (nSPS) is 26.8. The van der Waals surface area contributed by atoms with Gasteiger partial charge in [-0.1, -0.05) is 26.7 Å². The summed E-state index contributed by atoms with van der Waals surface area (Å²) in [4.78, 5) is 27.1. The molecule has 2 saturated carbocycles. The Balaban J connectivity index is 1.48. The quantitative estimate of drug-likeness (QED) is 0.382. The van der Waals surface area contributed by atoms with Crippen molar-refractivity contribution in [2.45, 2.75) is 83.7 Å². The van der Waals surface area contributed by atoms with E-state index in [0.717, 1.165) is 44.2 Å². The minimum atomic E-state index is -0.496. The second kappa shape index (κ2) is 11.4. The fourth-order valence-corrected chi connectivity index (χ4v) is 6.21. The van der Waals surface area contributed by atoms with Crippen molar-refractivity contribution >= 4 is 11.6 Å². The number of carbonyl (C=O) groups is 1. The number of rotatable bonds is 10. The summed E-state index contributed by atoms with van der Waals surface area (Å²) in [5.41, 5.74) is 0.00233. The van der Waals surface area contributed by atoms with Crippen molar-refractivity contribution < 1.29 is 19.2 Å². The van der Waals surface area contributed by atoms with Crippen LogP contribution >= 0.6 is 0 Å². The molecular formula is C26H39N3O5. The molecule has 188 valence electrons. The third-order valence-electron chi connectivity index (χ3n) is 7.67. The van der Waals surface area contributed by atoms with Crippen molar-refractivity contribution in [1.29, 1.82) is 0 Å². The summed E-state index contributed by atoms with van der Waals surface area (Å²) in [5, 5.41) is 14.8. The molecule has 1 heterocycles. The van der Waals surface area contributed by atoms with E-state index in [0.29, 0.717) is 25.0 Å². The first-order valence-electron chi connectivity index (χ1n) is 13.1. The highest BCUT2D eigenvalue weighted by Crippen LogP contribution is 2.43. The Hall–Kier alpha value is -2.35. The van der Waals surface area contributed by atoms with Crippen LogP contribution in [0.25, 0.3) is 0 Å². The Morgan fingerprint density at radius 3 is 2.24 bits per heavy atom. The van der Waals surface area contributed by atoms with Crippen LogP contribution in [0.1, 0.15) is 82.0 Å². The predicted molar refractivity (Wildman–Crippen MR) is 131 cm³/mol. The number of benzene rings is 1. The number of hydrogen-bond donors (Lipinski definition) is 1. The number of nitro groups is 1. The van der Waals surface area contributed by atoms with Crippen molar-refractivity contribution in [1.82, 2.24) is 10.2 Å². The van der Waals surface area contributed by atoms with Gasteiger partial charge in [-0.25, -0.2) is 0 Å². The van der Waals surface area contributed by atoms with Crippen LogP contribution in [0.2, 0.25) is 0 Å². The van der Waals surface area contributed by atoms with E-state index >= 15 is 0 Å². The van der Waals surface area contributed by atoms with Gasteiger partial charge < -0.3 is 14.8 Å². The number of nitrogens with zero attached hydrogens (tertiary/aromatic N) is 2. The van der Waals surface area contributed by atoms with Crippen molar-refractivity contribution in [2.75, 3.05) is 26.3 Å². The zero-order valence-electron chi connectivity index (χ0n) is 20.6. The summed E-state index contributed by atoms with van der Waals surface area (Å²) in [7, 11) is 0. The summed E-state index contributed by atoms with van der Waals surface area (Å²) in [5.74, 6) is 1.77. The summed E-state index contributed by atoms with van der Waals surface area (Å²) in [6, 6.07) is 3.51. The van der Waals surface area contributed by atoms with Crippen LogP contribution in [-0.2, 0) is 0 Å². The molecule has 3 fully saturated rings. The van der Waals surface area contributed by atoms with Crippen molar-refractivity contribution in [3.8, 4) is 11.5 Å². The van der Waals surface area contributed by atoms with Gasteiger partial charge in [0.15, 0.2) is 0 Å². The Kier molecular flexibility index (Phi) is 8.29. The van der Waals surface area contributed by atoms with Gasteiger partial charge in [-0.05, 0) is 56.8 Å². The maximum Gasteiger partial charge on any atom is 0.312 e. The average Bonchev–Trinajstić information content (AvgIpc) is 3.28. The first-order chi connectivity index (χ1) is 16.5. The number of nitro benzene ring substituents is 1. The van der Waals surface area contributed by atoms with Crippen LogP contribution in [0.15, 0.2) is 12.1 Å². The monoisotopic (exact) mass is 473 g/mol. The summed E-state index contributed by atoms with van der Waals surface area (Å²) in [6.45, 7) is 6.56. The number of likely N-dealkylation sites (tertiary alicyclic amines) is 1. The second-order valence-corrected chi connectivity index (χ2v) is 10.1. The van der Waals surface area contributed by atoms with Crippen LogP contribution in [0, 0.1) is 22.0 Å². The van der Waals surface area contributed by atoms with E-state index in [1.165, 1.54) is 50.7 Å². The molecule has 2 bridgehead atoms. The lowest BCUT2D eigenvalue weighted by Crippen LogP contribution is -2.50. The zero-order chi connectivity index (χ0) is 24.1. The van der Waals surface area contributed by atoms with Crippen molar-refractivity contribution in [3.63, 3.8) is 0 Å². The number of ether oxygens (including phenoxy) is 2. The molecule has 1 atom stereocenters. The molecule has 1 aliphatic heterocycles. The Morgan fingerprint density at radius 1 is 1.03 bits per heavy atom. The molecule has 0 aromatic heterocycles. The largest absolute Gasteiger partial charge is 0.493 e. The Labute approximate surface area is 202 Å². The molecule has 1 aromatic carbocycles. The minimum Gasteiger partial charge on any atom is -0.493 e. The first kappa shape index (κ1) is 24.8. The van der Waals surface area contributed by atoms with Gasteiger partial charge in [-0.3, -0.25) is 19.8 Å². The number of amides is 1. The maximum absolute atomic E-state index is 13.3. The van der Waals surface area contributed by atoms with Gasteiger partial charge >= 0.3 is 5.69 Å². The number of fused-ring (bicyclic) bond motifs is 2. The average molecular weight is 474 g/mol. The minimum absolute atomic E-state index is 0.0456. The van der Waals surface area contributed by atoms with Gasteiger partial charge in [-0.15, -0.1) is 0 Å². The highest BCUT2D eigenvalue weighted by Gasteiger charge is 2.42. The fourth-order valence-electron chi connectivity index (χ4n) is 6.21. The molecule has 1 N–H and O–H groups in total. The van der Waals surface area contributed by atoms with Crippen molar-refractivity contribution in [3.05, 3.63) is 27.8 Å². The Morgan fingerprint density at radius 2 is 1.65 bits per heavy atom. The van der Waals surface area contributed by atoms with Crippen molar-refractivity contribution in [2.24, 2.45) is 11.8 Å². The Bertz CT molecular complexity index is 854. The number of carbonyl (C=O) groups excluding carboxylic acids is 1. The van der Waals surface area contributed by atoms with E-state index in [9.17, 15) is 14.9 Å². The van der Waals surface area contributed by atoms with E-state index < -0.39 is 4.92 Å². The molecule has 1 saturated heterocycles. The van der Waals surface area contributed by atoms with Crippen LogP contribution < -0.4 is 14.8 Å². The first-order valence-corrected chi connectivity index (χ1v) is 13.1. The summed E-state index contributed by atoms with van der Waals surface area (Å²) in [6.07, 6.45) is 10.5. The summed E-state index contributed by atoms with van der Waals surface area (Å²) >= 11 is 0. The van der Waals surface area contributed by atoms with Gasteiger partial charge in [-0.2, -0.15) is 0 Å². The molecule has 8 nitrogen and oxygen atoms in total. The van der Waals surface area contributed by atoms with E-state index in [1.807, 2.05) is 13.8 Å². The van der Waals surface area contributed by atoms with E-state index in [2.05, 4.69) is 10.2 Å². The standard InChI is InChI=1S/C26H39N3O5/c1-3-13-33-23-16-24(34-14-4-2)22(29(31)32)15-21(23)26(30)27-20-11-12-28(17-20)25-18-7-5-8-19(25)10-6-9-18/h15-16,18-20,25H,3-14,17H2,1-2H3,(H,27,30)/t18?,19?,20-,25?/m0/s1. The van der Waals surface area contributed by atoms with E-state index in [-0.39, 0.29) is 28.9 Å². The predicted octanol–water partition coefficient (Wildman–Crippen LogP) is 4.95. The lowest BCUT2D eigenvalue weighted by Gasteiger charge is -2.47. The molecular weight excluding hydrogens is 434 g/mol. The topological polar surface area (TPSA) is 93.9 Å². The van der Waals surface area contributed by atoms with E-state index in [1.54, 1.807) is 0 Å². The molecule has 0 unspecified atom stereocenters. The molecule has 0 spiro atoms. The molecule has 3 aliphatic rings. The van der Waals surface area contributed by atoms with Gasteiger partial charge in [0.1, 0.15) is 5.75 Å². The SMILES string of the molecule is CCCOc1cc(OCCC)c([N+](=O)[O-])cc1C(=O)N[C@H]1CCN(C2C3CCCC2CCC3)C1. The third-order valence-corrected chi connectivity index (χ3v) is 7.67. The molecule has 1 amide bonds. The second-order valence-electron chi connectivity index (χ2n) is 10.1. The molecule has 4 rings (SSSR count). The highest BCUT2D eigenvalue weighted by atomic mass is 16.6. The lowest BCUT2D eigenvalue weighted by atomic mass is 9.68. The number of nitrogens with one attached hydrogen (secondary N) is 1. The smallest absolute Gasteiger partial charge is 0.312 e. The third kappa shape index (κ3) is 5.48. The van der Waals surface area contributed by atoms with E-state index in [4.69, 9.17) is 9.47 Å². The number of hydrogen-bond acceptors (Lipinski definition) is 6. The van der Waals surface area contributed by atoms with Gasteiger partial charge in [0.25, 0.3) is 5.91 Å². The fraction of sp³-hybridized carbons (Fsp3) is 0.731. The molecule has 8 heteroatoms. The molecule has 2 aliphatic carbocycles. The highest BCUT2D eigenvalue weighted by molar-refractivity contribution is 5.98. The summed E-state index contributed by atoms with van der Waals surface area (Å²) < 4.78 is 11.4. The van der Waals surface area contributed by atoms with Gasteiger partial charge in [0, 0.05) is 37.3 Å².